The zero-order valence-electron chi connectivity index (χ0n) is 54.3. The van der Waals surface area contributed by atoms with Crippen LogP contribution in [0.3, 0.4) is 0 Å². The number of imidazole rings is 1. The lowest BCUT2D eigenvalue weighted by Gasteiger charge is -2.38. The van der Waals surface area contributed by atoms with Crippen molar-refractivity contribution in [2.24, 2.45) is 11.5 Å². The number of primary amides is 2. The fourth-order valence-corrected chi connectivity index (χ4v) is 12.0. The highest BCUT2D eigenvalue weighted by molar-refractivity contribution is 7.15. The van der Waals surface area contributed by atoms with Crippen LogP contribution in [0.15, 0.2) is 77.4 Å². The number of carbonyl (C=O) groups is 9. The smallest absolute Gasteiger partial charge is 0.409 e. The van der Waals surface area contributed by atoms with Crippen molar-refractivity contribution in [2.75, 3.05) is 51.0 Å². The van der Waals surface area contributed by atoms with E-state index < -0.39 is 90.7 Å². The Bertz CT molecular complexity index is 4560. The molecule has 33 nitrogen and oxygen atoms in total. The van der Waals surface area contributed by atoms with Crippen molar-refractivity contribution in [3.8, 4) is 28.0 Å². The molecule has 2 aliphatic rings. The van der Waals surface area contributed by atoms with Gasteiger partial charge in [0.2, 0.25) is 41.6 Å². The van der Waals surface area contributed by atoms with Gasteiger partial charge in [-0.2, -0.15) is 0 Å². The molecule has 0 aliphatic carbocycles. The molecule has 34 heteroatoms. The van der Waals surface area contributed by atoms with Crippen LogP contribution in [0.25, 0.3) is 43.7 Å². The van der Waals surface area contributed by atoms with E-state index in [0.29, 0.717) is 57.6 Å². The van der Waals surface area contributed by atoms with E-state index in [1.54, 1.807) is 29.8 Å². The number of hydrogen-bond donors (Lipinski definition) is 9. The molecule has 2 aliphatic heterocycles. The Balaban J connectivity index is 0.859. The van der Waals surface area contributed by atoms with Crippen LogP contribution < -0.4 is 41.6 Å². The molecule has 3 aromatic carbocycles. The third-order valence-corrected chi connectivity index (χ3v) is 17.0. The molecule has 1 saturated heterocycles. The minimum absolute atomic E-state index is 0.0233. The van der Waals surface area contributed by atoms with E-state index in [1.165, 1.54) is 60.7 Å². The molecule has 8 amide bonds. The largest absolute Gasteiger partial charge is 0.495 e. The summed E-state index contributed by atoms with van der Waals surface area (Å²) in [6.07, 6.45) is -2.60. The third kappa shape index (κ3) is 15.6. The first-order chi connectivity index (χ1) is 47.4. The summed E-state index contributed by atoms with van der Waals surface area (Å²) in [6, 6.07) is 10.1. The molecular formula is C65H70N14O19S. The van der Waals surface area contributed by atoms with Crippen LogP contribution in [0.1, 0.15) is 92.2 Å². The fourth-order valence-electron chi connectivity index (χ4n) is 11.1. The lowest BCUT2D eigenvalue weighted by atomic mass is 9.99. The van der Waals surface area contributed by atoms with Crippen molar-refractivity contribution in [3.05, 3.63) is 118 Å². The van der Waals surface area contributed by atoms with Gasteiger partial charge in [-0.15, -0.1) is 11.3 Å². The molecule has 0 spiro atoms. The molecule has 0 saturated carbocycles. The molecule has 11 N–H and O–H groups in total. The Hall–Kier alpha value is -11.2. The summed E-state index contributed by atoms with van der Waals surface area (Å²) >= 11 is 1.47. The lowest BCUT2D eigenvalue weighted by molar-refractivity contribution is -0.271. The lowest BCUT2D eigenvalue weighted by Crippen LogP contribution is -2.61. The SMILES string of the molecule is CCc1nc(C)oc1C(=O)Nc1nc2cc(C(N)=O)cc(OCCCN(C)C(=O)OCc3ccc(O[C@@H]4O[C@H](C(=O)O)[C@@H](O)[C@H](O)[C@H]4O)c(NC(=O)CCNC(=O)CCN4C(=O)C=CC4=O)c3)c2n1C/C=C/Cn1c2nc(-c3sc(C)nc3CC)ncc2c2cc(C(N)=O)cc(OC)c21. The van der Waals surface area contributed by atoms with Gasteiger partial charge in [0.15, 0.2) is 17.8 Å². The average molecular weight is 1380 g/mol. The number of allylic oxidation sites excluding steroid dienone is 2. The van der Waals surface area contributed by atoms with Crippen molar-refractivity contribution >= 4 is 109 Å². The first-order valence-electron chi connectivity index (χ1n) is 31.1. The summed E-state index contributed by atoms with van der Waals surface area (Å²) in [7, 11) is 2.94. The Morgan fingerprint density at radius 2 is 1.49 bits per heavy atom. The van der Waals surface area contributed by atoms with Gasteiger partial charge in [-0.3, -0.25) is 43.8 Å². The maximum atomic E-state index is 14.1. The number of thiazole rings is 1. The number of aromatic nitrogens is 7. The van der Waals surface area contributed by atoms with Gasteiger partial charge in [0.1, 0.15) is 53.3 Å². The average Bonchev–Trinajstić information content (AvgIpc) is 1.60. The number of aliphatic hydroxyl groups is 3. The van der Waals surface area contributed by atoms with Crippen LogP contribution >= 0.6 is 11.3 Å². The first kappa shape index (κ1) is 70.6. The zero-order chi connectivity index (χ0) is 71.1. The Kier molecular flexibility index (Phi) is 21.7. The van der Waals surface area contributed by atoms with Crippen LogP contribution in [0.4, 0.5) is 16.4 Å². The molecule has 0 unspecified atom stereocenters. The van der Waals surface area contributed by atoms with Crippen LogP contribution in [0.2, 0.25) is 0 Å². The van der Waals surface area contributed by atoms with Gasteiger partial charge in [0, 0.05) is 99.8 Å². The summed E-state index contributed by atoms with van der Waals surface area (Å²) in [4.78, 5) is 141. The number of hydrogen-bond acceptors (Lipinski definition) is 24. The molecule has 99 heavy (non-hydrogen) atoms. The van der Waals surface area contributed by atoms with E-state index in [9.17, 15) is 63.6 Å². The van der Waals surface area contributed by atoms with Gasteiger partial charge in [-0.05, 0) is 68.1 Å². The number of anilines is 2. The number of oxazole rings is 1. The molecule has 5 atom stereocenters. The van der Waals surface area contributed by atoms with Crippen molar-refractivity contribution in [1.82, 2.24) is 49.2 Å². The summed E-state index contributed by atoms with van der Waals surface area (Å²) in [5, 5.41) is 51.1. The number of nitrogens with zero attached hydrogens (tertiary/aromatic N) is 9. The fraction of sp³-hybridized carbons (Fsp3) is 0.354. The number of rotatable bonds is 29. The van der Waals surface area contributed by atoms with Crippen LogP contribution in [0, 0.1) is 13.8 Å². The second kappa shape index (κ2) is 30.5. The van der Waals surface area contributed by atoms with E-state index in [4.69, 9.17) is 54.5 Å². The Morgan fingerprint density at radius 1 is 0.788 bits per heavy atom. The normalized spacial score (nSPS) is 16.8. The van der Waals surface area contributed by atoms with Crippen LogP contribution in [-0.2, 0) is 66.0 Å². The zero-order valence-corrected chi connectivity index (χ0v) is 55.1. The van der Waals surface area contributed by atoms with Crippen molar-refractivity contribution in [2.45, 2.75) is 110 Å². The number of aryl methyl sites for hydroxylation is 4. The first-order valence-corrected chi connectivity index (χ1v) is 31.9. The second-order valence-electron chi connectivity index (χ2n) is 22.8. The number of carboxylic acid groups (broad SMARTS) is 1. The number of aliphatic carboxylic acids is 1. The highest BCUT2D eigenvalue weighted by Crippen LogP contribution is 2.39. The van der Waals surface area contributed by atoms with Gasteiger partial charge >= 0.3 is 12.1 Å². The number of nitrogens with two attached hydrogens (primary N) is 2. The predicted octanol–water partition coefficient (Wildman–Crippen LogP) is 3.57. The van der Waals surface area contributed by atoms with Crippen LogP contribution in [0.5, 0.6) is 17.2 Å². The summed E-state index contributed by atoms with van der Waals surface area (Å²) in [6.45, 7) is 6.74. The van der Waals surface area contributed by atoms with Gasteiger partial charge in [-0.1, -0.05) is 32.1 Å². The number of carbonyl (C=O) groups excluding carboxylic acids is 8. The molecular weight excluding hydrogens is 1310 g/mol. The number of benzene rings is 3. The van der Waals surface area contributed by atoms with Gasteiger partial charge in [0.25, 0.3) is 17.7 Å². The topological polar surface area (TPSA) is 463 Å². The number of imide groups is 1. The number of nitrogens with one attached hydrogen (secondary N) is 3. The van der Waals surface area contributed by atoms with Crippen molar-refractivity contribution in [1.29, 1.82) is 0 Å². The molecule has 520 valence electrons. The van der Waals surface area contributed by atoms with Crippen LogP contribution in [-0.4, -0.2) is 189 Å². The van der Waals surface area contributed by atoms with Gasteiger partial charge in [-0.25, -0.2) is 34.5 Å². The maximum absolute atomic E-state index is 14.1. The molecule has 0 bridgehead atoms. The summed E-state index contributed by atoms with van der Waals surface area (Å²) < 4.78 is 38.3. The molecule has 10 rings (SSSR count). The standard InChI is InChI=1S/C65H70N14O19S/c1-7-38-54(96-31(3)70-38)61(89)75-64-73-41-26-35(58(67)88)28-44(50(41)79(64)21-10-9-20-78-49-36(25-34(57(66)87)27-43(49)93-6)37-29-69-59(74-60(37)78)56-39(8-2)71-32(4)99-56)94-23-11-19-76(5)65(92)95-30-33-12-13-42(97-63-53(86)51(84)52(85)55(98-63)62(90)91)40(24-33)72-46(81)16-18-68-45(80)17-22-77-47(82)14-15-48(77)83/h9-10,12-15,24-29,51-53,55,63,84-86H,7-8,11,16-23,30H2,1-6H3,(H2,66,87)(H2,67,88)(H,68,80)(H,72,81)(H,90,91)(H,73,75,89)/b10-9+/t51-,52-,53+,55-,63+/m0/s1. The Morgan fingerprint density at radius 3 is 2.19 bits per heavy atom. The summed E-state index contributed by atoms with van der Waals surface area (Å²) in [5.41, 5.74) is 15.0. The highest BCUT2D eigenvalue weighted by Gasteiger charge is 2.48. The number of aliphatic hydroxyl groups excluding tert-OH is 3. The number of carboxylic acids is 1. The molecule has 0 radical (unpaired) electrons. The molecule has 7 heterocycles. The number of methoxy groups -OCH3 is 1. The van der Waals surface area contributed by atoms with E-state index in [2.05, 4.69) is 25.9 Å². The van der Waals surface area contributed by atoms with E-state index in [-0.39, 0.29) is 116 Å². The summed E-state index contributed by atoms with van der Waals surface area (Å²) in [5.74, 6) is -5.23. The predicted molar refractivity (Wildman–Crippen MR) is 352 cm³/mol. The van der Waals surface area contributed by atoms with Gasteiger partial charge in [0.05, 0.1) is 51.7 Å². The minimum Gasteiger partial charge on any atom is -0.495 e. The quantitative estimate of drug-likeness (QED) is 0.0184. The van der Waals surface area contributed by atoms with E-state index >= 15 is 0 Å². The Labute approximate surface area is 566 Å². The number of fused-ring (bicyclic) bond motifs is 4. The second-order valence-corrected chi connectivity index (χ2v) is 24.0. The minimum atomic E-state index is -2.03. The van der Waals surface area contributed by atoms with E-state index in [1.807, 2.05) is 37.5 Å². The van der Waals surface area contributed by atoms with Crippen molar-refractivity contribution in [3.63, 3.8) is 0 Å². The van der Waals surface area contributed by atoms with E-state index in [0.717, 1.165) is 32.6 Å². The molecule has 8 aromatic rings. The van der Waals surface area contributed by atoms with Gasteiger partial charge < -0.3 is 84.7 Å². The number of amides is 8. The molecule has 1 fully saturated rings. The monoisotopic (exact) mass is 1380 g/mol. The maximum Gasteiger partial charge on any atom is 0.409 e. The highest BCUT2D eigenvalue weighted by atomic mass is 32.1. The number of ether oxygens (including phenoxy) is 5. The third-order valence-electron chi connectivity index (χ3n) is 16.0. The van der Waals surface area contributed by atoms with Crippen molar-refractivity contribution < 1.29 is 91.7 Å². The molecule has 5 aromatic heterocycles.